The average Bonchev–Trinajstić information content (AvgIpc) is 3.20. The molecule has 0 bridgehead atoms. The first-order valence-corrected chi connectivity index (χ1v) is 20.4. The van der Waals surface area contributed by atoms with Crippen LogP contribution in [0.25, 0.3) is 0 Å². The highest BCUT2D eigenvalue weighted by Gasteiger charge is 2.49. The SMILES string of the molecule is C/C=C1\[C@H](O[C@@H]2O[C@H](CO)[C@@H](O)[C@H](O)[C@H]2OC(=O)CCCCCCC/C=C\CCCCCCCC)OC=C(C(=O)OC)[C@H]1CC(=O)OCCc1ccc(O)c(O)c1. The van der Waals surface area contributed by atoms with Gasteiger partial charge in [0.05, 0.1) is 38.6 Å². The first-order valence-electron chi connectivity index (χ1n) is 20.4. The average molecular weight is 805 g/mol. The lowest BCUT2D eigenvalue weighted by Gasteiger charge is -2.43. The number of phenolic OH excluding ortho intramolecular Hbond substituents is 2. The summed E-state index contributed by atoms with van der Waals surface area (Å²) < 4.78 is 33.6. The fourth-order valence-corrected chi connectivity index (χ4v) is 6.82. The Morgan fingerprint density at radius 3 is 2.16 bits per heavy atom. The van der Waals surface area contributed by atoms with Crippen LogP contribution in [0.1, 0.15) is 116 Å². The number of hydrogen-bond acceptors (Lipinski definition) is 14. The molecule has 0 saturated carbocycles. The summed E-state index contributed by atoms with van der Waals surface area (Å²) >= 11 is 0. The van der Waals surface area contributed by atoms with Gasteiger partial charge in [-0.1, -0.05) is 82.6 Å². The third-order valence-corrected chi connectivity index (χ3v) is 10.2. The lowest BCUT2D eigenvalue weighted by atomic mass is 9.86. The van der Waals surface area contributed by atoms with Gasteiger partial charge in [0.1, 0.15) is 18.3 Å². The maximum absolute atomic E-state index is 13.0. The van der Waals surface area contributed by atoms with E-state index < -0.39 is 67.4 Å². The molecule has 1 aromatic rings. The number of aliphatic hydroxyl groups is 3. The molecule has 7 atom stereocenters. The molecular weight excluding hydrogens is 740 g/mol. The van der Waals surface area contributed by atoms with E-state index >= 15 is 0 Å². The van der Waals surface area contributed by atoms with E-state index in [1.54, 1.807) is 19.1 Å². The molecule has 2 aliphatic heterocycles. The number of aromatic hydroxyl groups is 2. The van der Waals surface area contributed by atoms with Crippen molar-refractivity contribution in [1.82, 2.24) is 0 Å². The van der Waals surface area contributed by atoms with Gasteiger partial charge in [-0.15, -0.1) is 0 Å². The van der Waals surface area contributed by atoms with Crippen molar-refractivity contribution in [3.63, 3.8) is 0 Å². The molecule has 2 heterocycles. The number of carbonyl (C=O) groups excluding carboxylic acids is 3. The quantitative estimate of drug-likeness (QED) is 0.0255. The second kappa shape index (κ2) is 26.1. The molecule has 0 aromatic heterocycles. The van der Waals surface area contributed by atoms with Crippen LogP contribution in [0.15, 0.2) is 53.8 Å². The summed E-state index contributed by atoms with van der Waals surface area (Å²) in [6, 6.07) is 4.26. The van der Waals surface area contributed by atoms with Gasteiger partial charge in [-0.2, -0.15) is 0 Å². The second-order valence-electron chi connectivity index (χ2n) is 14.5. The van der Waals surface area contributed by atoms with Crippen molar-refractivity contribution in [2.24, 2.45) is 5.92 Å². The molecular formula is C43H64O14. The molecule has 0 unspecified atom stereocenters. The van der Waals surface area contributed by atoms with E-state index in [0.717, 1.165) is 44.8 Å². The predicted octanol–water partition coefficient (Wildman–Crippen LogP) is 5.95. The summed E-state index contributed by atoms with van der Waals surface area (Å²) in [5.41, 5.74) is 0.911. The summed E-state index contributed by atoms with van der Waals surface area (Å²) in [5, 5.41) is 50.8. The first-order chi connectivity index (χ1) is 27.5. The van der Waals surface area contributed by atoms with E-state index in [1.165, 1.54) is 57.8 Å². The van der Waals surface area contributed by atoms with Crippen LogP contribution in [0.4, 0.5) is 0 Å². The van der Waals surface area contributed by atoms with E-state index in [1.807, 2.05) is 0 Å². The fourth-order valence-electron chi connectivity index (χ4n) is 6.82. The van der Waals surface area contributed by atoms with Crippen molar-refractivity contribution >= 4 is 17.9 Å². The molecule has 0 radical (unpaired) electrons. The van der Waals surface area contributed by atoms with Crippen LogP contribution in [0, 0.1) is 5.92 Å². The van der Waals surface area contributed by atoms with Crippen molar-refractivity contribution in [2.45, 2.75) is 154 Å². The van der Waals surface area contributed by atoms with Crippen molar-refractivity contribution in [3.05, 3.63) is 59.4 Å². The molecule has 0 amide bonds. The van der Waals surface area contributed by atoms with Crippen molar-refractivity contribution < 1.29 is 68.3 Å². The van der Waals surface area contributed by atoms with Crippen molar-refractivity contribution in [1.29, 1.82) is 0 Å². The fraction of sp³-hybridized carbons (Fsp3) is 0.651. The van der Waals surface area contributed by atoms with E-state index in [2.05, 4.69) is 19.1 Å². The van der Waals surface area contributed by atoms with E-state index in [9.17, 15) is 39.9 Å². The smallest absolute Gasteiger partial charge is 0.337 e. The lowest BCUT2D eigenvalue weighted by molar-refractivity contribution is -0.329. The zero-order chi connectivity index (χ0) is 41.6. The Morgan fingerprint density at radius 1 is 0.860 bits per heavy atom. The van der Waals surface area contributed by atoms with Crippen LogP contribution in [0.5, 0.6) is 11.5 Å². The Labute approximate surface area is 336 Å². The number of unbranched alkanes of at least 4 members (excludes halogenated alkanes) is 11. The van der Waals surface area contributed by atoms with Gasteiger partial charge in [0.25, 0.3) is 0 Å². The predicted molar refractivity (Wildman–Crippen MR) is 209 cm³/mol. The minimum Gasteiger partial charge on any atom is -0.504 e. The number of methoxy groups -OCH3 is 1. The molecule has 320 valence electrons. The monoisotopic (exact) mass is 804 g/mol. The summed E-state index contributed by atoms with van der Waals surface area (Å²) in [7, 11) is 1.18. The van der Waals surface area contributed by atoms with Crippen LogP contribution in [-0.4, -0.2) is 101 Å². The molecule has 5 N–H and O–H groups in total. The lowest BCUT2D eigenvalue weighted by Crippen LogP contribution is -2.61. The summed E-state index contributed by atoms with van der Waals surface area (Å²) in [6.45, 7) is 3.12. The molecule has 3 rings (SSSR count). The number of phenols is 2. The van der Waals surface area contributed by atoms with Gasteiger partial charge in [-0.25, -0.2) is 4.79 Å². The molecule has 0 aliphatic carbocycles. The second-order valence-corrected chi connectivity index (χ2v) is 14.5. The number of carbonyl (C=O) groups is 3. The summed E-state index contributed by atoms with van der Waals surface area (Å²) in [5.74, 6) is -3.59. The standard InChI is InChI=1S/C43H64O14/c1-4-6-7-8-9-10-11-12-13-14-15-16-17-18-19-20-36(47)56-40-39(50)38(49)35(27-44)55-43(40)57-42-30(5-2)31(32(28-54-42)41(51)52-3)26-37(48)53-24-23-29-21-22-33(45)34(46)25-29/h5,12-13,21-22,25,28,31,35,38-40,42-46,49-50H,4,6-11,14-20,23-24,26-27H2,1-3H3/b13-12-,30-5-/t31-,35+,38+,39-,40+,42-,43-/m0/s1. The van der Waals surface area contributed by atoms with Gasteiger partial charge in [-0.05, 0) is 56.7 Å². The molecule has 1 fully saturated rings. The zero-order valence-corrected chi connectivity index (χ0v) is 33.7. The zero-order valence-electron chi connectivity index (χ0n) is 33.7. The summed E-state index contributed by atoms with van der Waals surface area (Å²) in [6.07, 6.45) is 12.7. The summed E-state index contributed by atoms with van der Waals surface area (Å²) in [4.78, 5) is 38.8. The largest absolute Gasteiger partial charge is 0.504 e. The first kappa shape index (κ1) is 47.4. The molecule has 0 spiro atoms. The number of aliphatic hydroxyl groups excluding tert-OH is 3. The Kier molecular flexibility index (Phi) is 21.7. The van der Waals surface area contributed by atoms with Crippen LogP contribution >= 0.6 is 0 Å². The van der Waals surface area contributed by atoms with Crippen molar-refractivity contribution in [2.75, 3.05) is 20.3 Å². The van der Waals surface area contributed by atoms with Gasteiger partial charge in [0, 0.05) is 24.3 Å². The molecule has 1 saturated heterocycles. The van der Waals surface area contributed by atoms with Crippen LogP contribution in [0.2, 0.25) is 0 Å². The maximum Gasteiger partial charge on any atom is 0.337 e. The van der Waals surface area contributed by atoms with Crippen LogP contribution in [-0.2, 0) is 49.2 Å². The molecule has 57 heavy (non-hydrogen) atoms. The minimum atomic E-state index is -1.68. The third-order valence-electron chi connectivity index (χ3n) is 10.2. The number of ether oxygens (including phenoxy) is 6. The van der Waals surface area contributed by atoms with Gasteiger partial charge in [0.2, 0.25) is 12.6 Å². The van der Waals surface area contributed by atoms with Gasteiger partial charge < -0.3 is 54.0 Å². The van der Waals surface area contributed by atoms with Crippen LogP contribution in [0.3, 0.4) is 0 Å². The highest BCUT2D eigenvalue weighted by molar-refractivity contribution is 5.90. The van der Waals surface area contributed by atoms with Gasteiger partial charge in [0.15, 0.2) is 17.6 Å². The number of benzene rings is 1. The third kappa shape index (κ3) is 15.7. The van der Waals surface area contributed by atoms with Gasteiger partial charge in [-0.3, -0.25) is 9.59 Å². The maximum atomic E-state index is 13.0. The molecule has 1 aromatic carbocycles. The van der Waals surface area contributed by atoms with Gasteiger partial charge >= 0.3 is 17.9 Å². The van der Waals surface area contributed by atoms with E-state index in [-0.39, 0.29) is 42.9 Å². The Hall–Kier alpha value is -3.95. The Morgan fingerprint density at radius 2 is 1.53 bits per heavy atom. The number of hydrogen-bond donors (Lipinski definition) is 5. The molecule has 14 nitrogen and oxygen atoms in total. The number of rotatable bonds is 25. The molecule has 2 aliphatic rings. The Balaban J connectivity index is 1.55. The number of esters is 3. The highest BCUT2D eigenvalue weighted by Crippen LogP contribution is 2.37. The highest BCUT2D eigenvalue weighted by atomic mass is 16.8. The van der Waals surface area contributed by atoms with Crippen molar-refractivity contribution in [3.8, 4) is 11.5 Å². The molecule has 14 heteroatoms. The topological polar surface area (TPSA) is 208 Å². The normalized spacial score (nSPS) is 24.2. The minimum absolute atomic E-state index is 0.00190. The Bertz CT molecular complexity index is 1470. The number of allylic oxidation sites excluding steroid dienone is 3. The van der Waals surface area contributed by atoms with E-state index in [0.29, 0.717) is 17.6 Å². The van der Waals surface area contributed by atoms with Crippen LogP contribution < -0.4 is 0 Å². The van der Waals surface area contributed by atoms with E-state index in [4.69, 9.17) is 28.4 Å².